The molecule has 24 heavy (non-hydrogen) atoms. The number of rotatable bonds is 5. The van der Waals surface area contributed by atoms with Crippen LogP contribution in [0.1, 0.15) is 59.8 Å². The minimum Gasteiger partial charge on any atom is -0.343 e. The molecule has 0 aliphatic carbocycles. The molecule has 1 spiro atoms. The second-order valence-corrected chi connectivity index (χ2v) is 7.41. The minimum atomic E-state index is -0.773. The molecule has 2 heterocycles. The average molecular weight is 337 g/mol. The molecule has 2 fully saturated rings. The third-order valence-corrected chi connectivity index (χ3v) is 5.21. The lowest BCUT2D eigenvalue weighted by Gasteiger charge is -2.51. The van der Waals surface area contributed by atoms with Gasteiger partial charge in [0.15, 0.2) is 0 Å². The van der Waals surface area contributed by atoms with Crippen LogP contribution >= 0.6 is 0 Å². The fraction of sp³-hybridized carbons (Fsp3) is 0.833. The third kappa shape index (κ3) is 3.42. The van der Waals surface area contributed by atoms with Crippen LogP contribution < -0.4 is 5.32 Å². The molecule has 0 radical (unpaired) electrons. The molecular weight excluding hydrogens is 306 g/mol. The van der Waals surface area contributed by atoms with Gasteiger partial charge in [-0.2, -0.15) is 0 Å². The number of nitrogens with zero attached hydrogens (tertiary/aromatic N) is 2. The van der Waals surface area contributed by atoms with Gasteiger partial charge in [-0.15, -0.1) is 0 Å². The van der Waals surface area contributed by atoms with E-state index in [1.54, 1.807) is 0 Å². The molecule has 2 aliphatic heterocycles. The Morgan fingerprint density at radius 3 is 2.38 bits per heavy atom. The van der Waals surface area contributed by atoms with Crippen molar-refractivity contribution in [1.29, 1.82) is 0 Å². The maximum Gasteiger partial charge on any atom is 0.246 e. The molecule has 2 aliphatic rings. The second-order valence-electron chi connectivity index (χ2n) is 7.41. The van der Waals surface area contributed by atoms with Gasteiger partial charge in [0.2, 0.25) is 17.7 Å². The first-order valence-corrected chi connectivity index (χ1v) is 9.26. The van der Waals surface area contributed by atoms with E-state index in [1.807, 2.05) is 23.6 Å². The molecule has 3 amide bonds. The summed E-state index contributed by atoms with van der Waals surface area (Å²) in [4.78, 5) is 41.4. The quantitative estimate of drug-likeness (QED) is 0.827. The standard InChI is InChI=1S/C18H31N3O3/c1-5-9-21-16(23)14(12-13(3)4)19-17(24)18(21)7-10-20(11-8-18)15(22)6-2/h13-14H,5-12H2,1-4H3,(H,19,24). The van der Waals surface area contributed by atoms with Gasteiger partial charge in [-0.1, -0.05) is 27.7 Å². The van der Waals surface area contributed by atoms with Crippen LogP contribution in [0.15, 0.2) is 0 Å². The number of amides is 3. The van der Waals surface area contributed by atoms with Crippen molar-refractivity contribution in [2.24, 2.45) is 5.92 Å². The van der Waals surface area contributed by atoms with Gasteiger partial charge in [-0.25, -0.2) is 0 Å². The van der Waals surface area contributed by atoms with Gasteiger partial charge in [0.25, 0.3) is 0 Å². The summed E-state index contributed by atoms with van der Waals surface area (Å²) in [6.45, 7) is 9.68. The maximum absolute atomic E-state index is 13.0. The minimum absolute atomic E-state index is 0.0372. The van der Waals surface area contributed by atoms with E-state index < -0.39 is 11.6 Å². The second kappa shape index (κ2) is 7.53. The third-order valence-electron chi connectivity index (χ3n) is 5.21. The highest BCUT2D eigenvalue weighted by Gasteiger charge is 2.53. The van der Waals surface area contributed by atoms with E-state index in [1.165, 1.54) is 0 Å². The monoisotopic (exact) mass is 337 g/mol. The molecule has 0 saturated carbocycles. The van der Waals surface area contributed by atoms with Crippen molar-refractivity contribution in [1.82, 2.24) is 15.1 Å². The first kappa shape index (κ1) is 18.7. The van der Waals surface area contributed by atoms with Crippen molar-refractivity contribution >= 4 is 17.7 Å². The molecular formula is C18H31N3O3. The Kier molecular flexibility index (Phi) is 5.88. The van der Waals surface area contributed by atoms with E-state index in [0.29, 0.717) is 51.2 Å². The van der Waals surface area contributed by atoms with Crippen LogP contribution in [0.3, 0.4) is 0 Å². The number of carbonyl (C=O) groups is 3. The predicted octanol–water partition coefficient (Wildman–Crippen LogP) is 1.54. The van der Waals surface area contributed by atoms with Crippen LogP contribution in [0.25, 0.3) is 0 Å². The molecule has 6 nitrogen and oxygen atoms in total. The largest absolute Gasteiger partial charge is 0.343 e. The summed E-state index contributed by atoms with van der Waals surface area (Å²) in [7, 11) is 0. The Labute approximate surface area is 144 Å². The summed E-state index contributed by atoms with van der Waals surface area (Å²) < 4.78 is 0. The van der Waals surface area contributed by atoms with E-state index in [-0.39, 0.29) is 17.7 Å². The lowest BCUT2D eigenvalue weighted by atomic mass is 9.80. The molecule has 2 rings (SSSR count). The summed E-state index contributed by atoms with van der Waals surface area (Å²) in [5.74, 6) is 0.470. The van der Waals surface area contributed by atoms with Crippen LogP contribution in [-0.4, -0.2) is 58.7 Å². The lowest BCUT2D eigenvalue weighted by Crippen LogP contribution is -2.73. The van der Waals surface area contributed by atoms with Gasteiger partial charge in [-0.3, -0.25) is 14.4 Å². The summed E-state index contributed by atoms with van der Waals surface area (Å²) in [6.07, 6.45) is 3.04. The number of hydrogen-bond acceptors (Lipinski definition) is 3. The van der Waals surface area contributed by atoms with Crippen LogP contribution in [0, 0.1) is 5.92 Å². The van der Waals surface area contributed by atoms with Gasteiger partial charge in [0.05, 0.1) is 0 Å². The molecule has 0 aromatic rings. The average Bonchev–Trinajstić information content (AvgIpc) is 2.56. The Morgan fingerprint density at radius 1 is 1.25 bits per heavy atom. The van der Waals surface area contributed by atoms with Crippen molar-refractivity contribution in [3.63, 3.8) is 0 Å². The molecule has 2 saturated heterocycles. The van der Waals surface area contributed by atoms with Crippen molar-refractivity contribution < 1.29 is 14.4 Å². The molecule has 136 valence electrons. The van der Waals surface area contributed by atoms with Crippen LogP contribution in [0.2, 0.25) is 0 Å². The Bertz CT molecular complexity index is 496. The fourth-order valence-electron chi connectivity index (χ4n) is 3.90. The molecule has 0 aromatic heterocycles. The van der Waals surface area contributed by atoms with Crippen molar-refractivity contribution in [3.8, 4) is 0 Å². The topological polar surface area (TPSA) is 69.7 Å². The zero-order valence-electron chi connectivity index (χ0n) is 15.4. The Balaban J connectivity index is 2.20. The van der Waals surface area contributed by atoms with Crippen LogP contribution in [0.5, 0.6) is 0 Å². The number of piperidine rings is 1. The van der Waals surface area contributed by atoms with E-state index in [2.05, 4.69) is 19.2 Å². The van der Waals surface area contributed by atoms with Crippen molar-refractivity contribution in [2.75, 3.05) is 19.6 Å². The highest BCUT2D eigenvalue weighted by molar-refractivity contribution is 6.00. The lowest BCUT2D eigenvalue weighted by molar-refractivity contribution is -0.162. The van der Waals surface area contributed by atoms with Crippen LogP contribution in [0.4, 0.5) is 0 Å². The number of nitrogens with one attached hydrogen (secondary N) is 1. The van der Waals surface area contributed by atoms with E-state index in [9.17, 15) is 14.4 Å². The number of likely N-dealkylation sites (tertiary alicyclic amines) is 1. The van der Waals surface area contributed by atoms with Gasteiger partial charge < -0.3 is 15.1 Å². The summed E-state index contributed by atoms with van der Waals surface area (Å²) in [6, 6.07) is -0.412. The Morgan fingerprint density at radius 2 is 1.88 bits per heavy atom. The van der Waals surface area contributed by atoms with Gasteiger partial charge >= 0.3 is 0 Å². The SMILES string of the molecule is CCCN1C(=O)C(CC(C)C)NC(=O)C12CCN(C(=O)CC)CC2. The number of hydrogen-bond donors (Lipinski definition) is 1. The molecule has 1 unspecified atom stereocenters. The molecule has 0 aromatic carbocycles. The maximum atomic E-state index is 13.0. The van der Waals surface area contributed by atoms with Gasteiger partial charge in [0, 0.05) is 26.1 Å². The summed E-state index contributed by atoms with van der Waals surface area (Å²) in [5.41, 5.74) is -0.773. The smallest absolute Gasteiger partial charge is 0.246 e. The number of carbonyl (C=O) groups excluding carboxylic acids is 3. The van der Waals surface area contributed by atoms with Crippen LogP contribution in [-0.2, 0) is 14.4 Å². The highest BCUT2D eigenvalue weighted by atomic mass is 16.2. The van der Waals surface area contributed by atoms with E-state index in [0.717, 1.165) is 6.42 Å². The van der Waals surface area contributed by atoms with Crippen molar-refractivity contribution in [3.05, 3.63) is 0 Å². The van der Waals surface area contributed by atoms with Crippen molar-refractivity contribution in [2.45, 2.75) is 71.4 Å². The normalized spacial score (nSPS) is 23.8. The van der Waals surface area contributed by atoms with Gasteiger partial charge in [0.1, 0.15) is 11.6 Å². The molecule has 6 heteroatoms. The summed E-state index contributed by atoms with van der Waals surface area (Å²) in [5, 5.41) is 2.97. The molecule has 1 atom stereocenters. The molecule has 1 N–H and O–H groups in total. The zero-order valence-corrected chi connectivity index (χ0v) is 15.4. The van der Waals surface area contributed by atoms with E-state index in [4.69, 9.17) is 0 Å². The zero-order chi connectivity index (χ0) is 17.9. The Hall–Kier alpha value is -1.59. The predicted molar refractivity (Wildman–Crippen MR) is 92.2 cm³/mol. The van der Waals surface area contributed by atoms with Gasteiger partial charge in [-0.05, 0) is 31.6 Å². The molecule has 0 bridgehead atoms. The first-order chi connectivity index (χ1) is 11.4. The first-order valence-electron chi connectivity index (χ1n) is 9.26. The van der Waals surface area contributed by atoms with E-state index >= 15 is 0 Å². The summed E-state index contributed by atoms with van der Waals surface area (Å²) >= 11 is 0. The fourth-order valence-corrected chi connectivity index (χ4v) is 3.90. The number of piperazine rings is 1. The highest BCUT2D eigenvalue weighted by Crippen LogP contribution is 2.34.